The summed E-state index contributed by atoms with van der Waals surface area (Å²) in [7, 11) is 2.16. The molecule has 0 radical (unpaired) electrons. The SMILES string of the molecule is CCCN(C)CC1CCN(C(=O)C(C)(N)CCC)C1.Cl. The number of amides is 1. The number of nitrogens with two attached hydrogens (primary N) is 1. The molecule has 2 atom stereocenters. The third-order valence-electron chi connectivity index (χ3n) is 4.01. The van der Waals surface area contributed by atoms with Crippen molar-refractivity contribution in [3.05, 3.63) is 0 Å². The highest BCUT2D eigenvalue weighted by atomic mass is 35.5. The summed E-state index contributed by atoms with van der Waals surface area (Å²) in [5.74, 6) is 0.743. The molecule has 0 aromatic rings. The van der Waals surface area contributed by atoms with Crippen LogP contribution in [0.25, 0.3) is 0 Å². The van der Waals surface area contributed by atoms with E-state index in [9.17, 15) is 4.79 Å². The van der Waals surface area contributed by atoms with Gasteiger partial charge in [0.25, 0.3) is 0 Å². The van der Waals surface area contributed by atoms with Crippen molar-refractivity contribution < 1.29 is 4.79 Å². The standard InChI is InChI=1S/C15H31N3O.ClH/c1-5-8-15(3,16)14(19)18-10-7-13(12-18)11-17(4)9-6-2;/h13H,5-12,16H2,1-4H3;1H. The van der Waals surface area contributed by atoms with E-state index >= 15 is 0 Å². The third kappa shape index (κ3) is 5.58. The number of carbonyl (C=O) groups is 1. The van der Waals surface area contributed by atoms with E-state index in [1.165, 1.54) is 6.42 Å². The van der Waals surface area contributed by atoms with Gasteiger partial charge in [-0.3, -0.25) is 4.79 Å². The predicted octanol–water partition coefficient (Wildman–Crippen LogP) is 2.12. The lowest BCUT2D eigenvalue weighted by atomic mass is 9.96. The van der Waals surface area contributed by atoms with Crippen LogP contribution in [0.2, 0.25) is 0 Å². The van der Waals surface area contributed by atoms with Crippen molar-refractivity contribution in [3.63, 3.8) is 0 Å². The molecule has 20 heavy (non-hydrogen) atoms. The maximum absolute atomic E-state index is 12.4. The molecule has 5 heteroatoms. The van der Waals surface area contributed by atoms with Crippen LogP contribution in [0.3, 0.4) is 0 Å². The summed E-state index contributed by atoms with van der Waals surface area (Å²) in [5, 5.41) is 0. The zero-order chi connectivity index (χ0) is 14.5. The Morgan fingerprint density at radius 2 is 2.05 bits per heavy atom. The number of hydrogen-bond donors (Lipinski definition) is 1. The van der Waals surface area contributed by atoms with E-state index in [1.54, 1.807) is 0 Å². The molecular formula is C15H32ClN3O. The molecule has 1 amide bonds. The molecule has 2 N–H and O–H groups in total. The van der Waals surface area contributed by atoms with Gasteiger partial charge in [0.15, 0.2) is 0 Å². The summed E-state index contributed by atoms with van der Waals surface area (Å²) in [6.07, 6.45) is 4.02. The van der Waals surface area contributed by atoms with Crippen molar-refractivity contribution in [3.8, 4) is 0 Å². The summed E-state index contributed by atoms with van der Waals surface area (Å²) < 4.78 is 0. The van der Waals surface area contributed by atoms with Crippen molar-refractivity contribution >= 4 is 18.3 Å². The first-order valence-electron chi connectivity index (χ1n) is 7.67. The van der Waals surface area contributed by atoms with E-state index in [2.05, 4.69) is 25.8 Å². The van der Waals surface area contributed by atoms with Gasteiger partial charge >= 0.3 is 0 Å². The molecule has 0 aliphatic carbocycles. The monoisotopic (exact) mass is 305 g/mol. The Morgan fingerprint density at radius 3 is 2.60 bits per heavy atom. The van der Waals surface area contributed by atoms with Crippen LogP contribution in [0.1, 0.15) is 46.5 Å². The van der Waals surface area contributed by atoms with Gasteiger partial charge in [0.1, 0.15) is 0 Å². The molecule has 0 spiro atoms. The van der Waals surface area contributed by atoms with Crippen LogP contribution in [-0.2, 0) is 4.79 Å². The molecule has 1 aliphatic rings. The van der Waals surface area contributed by atoms with Crippen LogP contribution in [0, 0.1) is 5.92 Å². The van der Waals surface area contributed by atoms with Crippen LogP contribution in [-0.4, -0.2) is 54.5 Å². The highest BCUT2D eigenvalue weighted by molar-refractivity contribution is 5.86. The lowest BCUT2D eigenvalue weighted by Gasteiger charge is -2.29. The zero-order valence-corrected chi connectivity index (χ0v) is 14.3. The summed E-state index contributed by atoms with van der Waals surface area (Å²) in [4.78, 5) is 16.7. The average molecular weight is 306 g/mol. The Labute approximate surface area is 130 Å². The maximum Gasteiger partial charge on any atom is 0.242 e. The number of likely N-dealkylation sites (tertiary alicyclic amines) is 1. The fraction of sp³-hybridized carbons (Fsp3) is 0.933. The topological polar surface area (TPSA) is 49.6 Å². The van der Waals surface area contributed by atoms with Crippen molar-refractivity contribution in [2.45, 2.75) is 52.0 Å². The first kappa shape index (κ1) is 19.7. The van der Waals surface area contributed by atoms with E-state index < -0.39 is 5.54 Å². The van der Waals surface area contributed by atoms with Gasteiger partial charge in [-0.1, -0.05) is 20.3 Å². The van der Waals surface area contributed by atoms with Crippen LogP contribution >= 0.6 is 12.4 Å². The lowest BCUT2D eigenvalue weighted by Crippen LogP contribution is -2.52. The highest BCUT2D eigenvalue weighted by Gasteiger charge is 2.35. The smallest absolute Gasteiger partial charge is 0.242 e. The van der Waals surface area contributed by atoms with Gasteiger partial charge < -0.3 is 15.5 Å². The van der Waals surface area contributed by atoms with Gasteiger partial charge in [0.05, 0.1) is 5.54 Å². The fourth-order valence-corrected chi connectivity index (χ4v) is 3.07. The molecule has 1 rings (SSSR count). The van der Waals surface area contributed by atoms with Gasteiger partial charge in [-0.2, -0.15) is 0 Å². The quantitative estimate of drug-likeness (QED) is 0.784. The van der Waals surface area contributed by atoms with Crippen molar-refractivity contribution in [2.24, 2.45) is 11.7 Å². The van der Waals surface area contributed by atoms with E-state index in [1.807, 2.05) is 11.8 Å². The van der Waals surface area contributed by atoms with E-state index in [0.717, 1.165) is 45.4 Å². The van der Waals surface area contributed by atoms with Gasteiger partial charge in [-0.25, -0.2) is 0 Å². The molecular weight excluding hydrogens is 274 g/mol. The number of rotatable bonds is 7. The molecule has 120 valence electrons. The van der Waals surface area contributed by atoms with E-state index in [4.69, 9.17) is 5.73 Å². The molecule has 1 saturated heterocycles. The second kappa shape index (κ2) is 8.85. The zero-order valence-electron chi connectivity index (χ0n) is 13.5. The molecule has 0 aromatic carbocycles. The fourth-order valence-electron chi connectivity index (χ4n) is 3.07. The average Bonchev–Trinajstić information content (AvgIpc) is 2.76. The predicted molar refractivity (Wildman–Crippen MR) is 87.2 cm³/mol. The van der Waals surface area contributed by atoms with Gasteiger partial charge in [0.2, 0.25) is 5.91 Å². The first-order valence-corrected chi connectivity index (χ1v) is 7.67. The lowest BCUT2D eigenvalue weighted by molar-refractivity contribution is -0.135. The summed E-state index contributed by atoms with van der Waals surface area (Å²) >= 11 is 0. The Kier molecular flexibility index (Phi) is 8.71. The minimum Gasteiger partial charge on any atom is -0.341 e. The molecule has 1 heterocycles. The summed E-state index contributed by atoms with van der Waals surface area (Å²) in [6.45, 7) is 10.1. The van der Waals surface area contributed by atoms with Crippen LogP contribution in [0.15, 0.2) is 0 Å². The number of nitrogens with zero attached hydrogens (tertiary/aromatic N) is 2. The van der Waals surface area contributed by atoms with Crippen molar-refractivity contribution in [2.75, 3.05) is 33.2 Å². The van der Waals surface area contributed by atoms with Crippen LogP contribution in [0.4, 0.5) is 0 Å². The molecule has 1 fully saturated rings. The normalized spacial score (nSPS) is 21.7. The molecule has 0 saturated carbocycles. The Bertz CT molecular complexity index is 297. The second-order valence-electron chi connectivity index (χ2n) is 6.34. The summed E-state index contributed by atoms with van der Waals surface area (Å²) in [6, 6.07) is 0. The molecule has 1 aliphatic heterocycles. The van der Waals surface area contributed by atoms with Gasteiger partial charge in [-0.15, -0.1) is 12.4 Å². The molecule has 0 aromatic heterocycles. The minimum atomic E-state index is -0.682. The highest BCUT2D eigenvalue weighted by Crippen LogP contribution is 2.21. The van der Waals surface area contributed by atoms with Crippen LogP contribution < -0.4 is 5.73 Å². The third-order valence-corrected chi connectivity index (χ3v) is 4.01. The largest absolute Gasteiger partial charge is 0.341 e. The second-order valence-corrected chi connectivity index (χ2v) is 6.34. The van der Waals surface area contributed by atoms with Gasteiger partial charge in [-0.05, 0) is 45.7 Å². The Morgan fingerprint density at radius 1 is 1.40 bits per heavy atom. The maximum atomic E-state index is 12.4. The summed E-state index contributed by atoms with van der Waals surface area (Å²) in [5.41, 5.74) is 5.46. The Balaban J connectivity index is 0.00000361. The molecule has 2 unspecified atom stereocenters. The van der Waals surface area contributed by atoms with E-state index in [0.29, 0.717) is 5.92 Å². The number of halogens is 1. The molecule has 4 nitrogen and oxygen atoms in total. The molecule has 0 bridgehead atoms. The number of carbonyl (C=O) groups excluding carboxylic acids is 1. The minimum absolute atomic E-state index is 0. The van der Waals surface area contributed by atoms with Crippen LogP contribution in [0.5, 0.6) is 0 Å². The first-order chi connectivity index (χ1) is 8.90. The number of hydrogen-bond acceptors (Lipinski definition) is 3. The van der Waals surface area contributed by atoms with Gasteiger partial charge in [0, 0.05) is 19.6 Å². The van der Waals surface area contributed by atoms with Crippen molar-refractivity contribution in [1.29, 1.82) is 0 Å². The van der Waals surface area contributed by atoms with Crippen molar-refractivity contribution in [1.82, 2.24) is 9.80 Å². The van der Waals surface area contributed by atoms with E-state index in [-0.39, 0.29) is 18.3 Å². The Hall–Kier alpha value is -0.320.